The molecule has 0 aromatic rings. The number of carbonyl (C=O) groups is 2. The van der Waals surface area contributed by atoms with Crippen molar-refractivity contribution in [3.63, 3.8) is 0 Å². The lowest BCUT2D eigenvalue weighted by molar-refractivity contribution is -0.128. The Morgan fingerprint density at radius 2 is 1.13 bits per heavy atom. The molecule has 0 aliphatic rings. The van der Waals surface area contributed by atoms with Crippen molar-refractivity contribution >= 4 is 11.7 Å². The predicted molar refractivity (Wildman–Crippen MR) is 113 cm³/mol. The second-order valence-corrected chi connectivity index (χ2v) is 6.88. The second kappa shape index (κ2) is 22.6. The molecular weight excluding hydrogens is 394 g/mol. The van der Waals surface area contributed by atoms with Crippen LogP contribution in [-0.4, -0.2) is 97.5 Å². The van der Waals surface area contributed by atoms with Gasteiger partial charge in [-0.2, -0.15) is 0 Å². The molecule has 0 heterocycles. The minimum Gasteiger partial charge on any atom is -0.379 e. The van der Waals surface area contributed by atoms with Gasteiger partial charge in [-0.05, 0) is 6.42 Å². The lowest BCUT2D eigenvalue weighted by Gasteiger charge is -2.09. The van der Waals surface area contributed by atoms with Gasteiger partial charge >= 0.3 is 0 Å². The Morgan fingerprint density at radius 1 is 0.667 bits per heavy atom. The third-order valence-corrected chi connectivity index (χ3v) is 3.82. The number of ether oxygens (including phenoxy) is 6. The molecule has 0 spiro atoms. The first-order valence-corrected chi connectivity index (χ1v) is 10.8. The van der Waals surface area contributed by atoms with Crippen molar-refractivity contribution in [3.8, 4) is 0 Å². The van der Waals surface area contributed by atoms with E-state index in [1.807, 2.05) is 13.8 Å². The summed E-state index contributed by atoms with van der Waals surface area (Å²) in [7, 11) is 0. The van der Waals surface area contributed by atoms with Crippen molar-refractivity contribution in [2.24, 2.45) is 5.92 Å². The van der Waals surface area contributed by atoms with Crippen LogP contribution in [0.3, 0.4) is 0 Å². The van der Waals surface area contributed by atoms with Gasteiger partial charge in [0.15, 0.2) is 5.78 Å². The van der Waals surface area contributed by atoms with Gasteiger partial charge in [0.1, 0.15) is 13.2 Å². The molecule has 1 N–H and O–H groups in total. The second-order valence-electron chi connectivity index (χ2n) is 6.88. The number of Topliss-reactive ketones (excluding diaryl/α,β-unsaturated/α-hetero) is 1. The smallest absolute Gasteiger partial charge is 0.246 e. The van der Waals surface area contributed by atoms with E-state index in [-0.39, 0.29) is 30.8 Å². The van der Waals surface area contributed by atoms with E-state index in [2.05, 4.69) is 12.2 Å². The van der Waals surface area contributed by atoms with Crippen molar-refractivity contribution in [2.75, 3.05) is 85.8 Å². The largest absolute Gasteiger partial charge is 0.379 e. The molecule has 9 nitrogen and oxygen atoms in total. The average molecular weight is 436 g/mol. The molecule has 0 saturated carbocycles. The first-order valence-electron chi connectivity index (χ1n) is 10.8. The number of hydrogen-bond acceptors (Lipinski definition) is 8. The number of ketones is 1. The maximum absolute atomic E-state index is 11.6. The van der Waals surface area contributed by atoms with E-state index in [0.717, 1.165) is 19.4 Å². The molecule has 0 unspecified atom stereocenters. The normalized spacial score (nSPS) is 11.2. The highest BCUT2D eigenvalue weighted by Crippen LogP contribution is 1.94. The molecule has 9 heteroatoms. The van der Waals surface area contributed by atoms with E-state index < -0.39 is 0 Å². The Kier molecular flexibility index (Phi) is 21.8. The van der Waals surface area contributed by atoms with Gasteiger partial charge < -0.3 is 33.7 Å². The van der Waals surface area contributed by atoms with Crippen LogP contribution < -0.4 is 5.32 Å². The van der Waals surface area contributed by atoms with Crippen LogP contribution in [0.4, 0.5) is 0 Å². The van der Waals surface area contributed by atoms with Crippen LogP contribution in [0.5, 0.6) is 0 Å². The number of unbranched alkanes of at least 4 members (excludes halogenated alkanes) is 1. The molecule has 0 saturated heterocycles. The molecule has 0 rings (SSSR count). The standard InChI is InChI=1S/C21H41NO8/c1-4-5-7-25-9-10-27-11-12-28-14-16-30-18-21(24)22-6-8-26-13-15-29-17-20(23)19(2)3/h19H,4-18H2,1-3H3,(H,22,24). The van der Waals surface area contributed by atoms with Gasteiger partial charge in [-0.15, -0.1) is 0 Å². The lowest BCUT2D eigenvalue weighted by Crippen LogP contribution is -2.31. The van der Waals surface area contributed by atoms with E-state index in [1.54, 1.807) is 0 Å². The van der Waals surface area contributed by atoms with E-state index in [9.17, 15) is 9.59 Å². The van der Waals surface area contributed by atoms with Crippen LogP contribution in [-0.2, 0) is 38.0 Å². The van der Waals surface area contributed by atoms with Crippen LogP contribution in [0.25, 0.3) is 0 Å². The summed E-state index contributed by atoms with van der Waals surface area (Å²) in [6.07, 6.45) is 2.21. The van der Waals surface area contributed by atoms with Gasteiger partial charge in [0.2, 0.25) is 5.91 Å². The van der Waals surface area contributed by atoms with Crippen LogP contribution in [0.1, 0.15) is 33.6 Å². The number of hydrogen-bond donors (Lipinski definition) is 1. The van der Waals surface area contributed by atoms with Crippen LogP contribution in [0.2, 0.25) is 0 Å². The number of carbonyl (C=O) groups excluding carboxylic acids is 2. The van der Waals surface area contributed by atoms with Crippen molar-refractivity contribution in [3.05, 3.63) is 0 Å². The Balaban J connectivity index is 3.21. The molecule has 0 aliphatic heterocycles. The SMILES string of the molecule is CCCCOCCOCCOCCOCC(=O)NCCOCCOCC(=O)C(C)C. The fourth-order valence-electron chi connectivity index (χ4n) is 1.94. The Hall–Kier alpha value is -1.10. The maximum Gasteiger partial charge on any atom is 0.246 e. The number of amides is 1. The molecule has 1 amide bonds. The summed E-state index contributed by atoms with van der Waals surface area (Å²) in [5.74, 6) is -0.151. The summed E-state index contributed by atoms with van der Waals surface area (Å²) >= 11 is 0. The molecule has 0 radical (unpaired) electrons. The highest BCUT2D eigenvalue weighted by Gasteiger charge is 2.06. The minimum absolute atomic E-state index is 0.0185. The first kappa shape index (κ1) is 28.9. The summed E-state index contributed by atoms with van der Waals surface area (Å²) in [6, 6.07) is 0. The molecule has 0 aromatic carbocycles. The van der Waals surface area contributed by atoms with E-state index in [1.165, 1.54) is 0 Å². The summed E-state index contributed by atoms with van der Waals surface area (Å²) in [4.78, 5) is 22.9. The Morgan fingerprint density at radius 3 is 1.67 bits per heavy atom. The number of rotatable bonds is 23. The number of nitrogens with one attached hydrogen (secondary N) is 1. The summed E-state index contributed by atoms with van der Waals surface area (Å²) in [6.45, 7) is 11.1. The van der Waals surface area contributed by atoms with Gasteiger partial charge in [-0.1, -0.05) is 27.2 Å². The van der Waals surface area contributed by atoms with Crippen molar-refractivity contribution in [1.29, 1.82) is 0 Å². The zero-order valence-corrected chi connectivity index (χ0v) is 18.9. The van der Waals surface area contributed by atoms with Gasteiger partial charge in [0.05, 0.1) is 59.5 Å². The molecule has 0 aliphatic carbocycles. The molecule has 0 atom stereocenters. The third-order valence-electron chi connectivity index (χ3n) is 3.82. The summed E-state index contributed by atoms with van der Waals surface area (Å²) < 4.78 is 31.9. The highest BCUT2D eigenvalue weighted by atomic mass is 16.6. The Labute approximate surface area is 181 Å². The molecule has 0 fully saturated rings. The highest BCUT2D eigenvalue weighted by molar-refractivity contribution is 5.81. The van der Waals surface area contributed by atoms with Crippen molar-refractivity contribution in [1.82, 2.24) is 5.32 Å². The summed E-state index contributed by atoms with van der Waals surface area (Å²) in [5.41, 5.74) is 0. The topological polar surface area (TPSA) is 102 Å². The van der Waals surface area contributed by atoms with Gasteiger partial charge in [0, 0.05) is 19.1 Å². The quantitative estimate of drug-likeness (QED) is 0.239. The van der Waals surface area contributed by atoms with Crippen molar-refractivity contribution in [2.45, 2.75) is 33.6 Å². The molecule has 0 aromatic heterocycles. The van der Waals surface area contributed by atoms with E-state index in [4.69, 9.17) is 28.4 Å². The third kappa shape index (κ3) is 21.6. The van der Waals surface area contributed by atoms with Crippen LogP contribution in [0, 0.1) is 5.92 Å². The zero-order valence-electron chi connectivity index (χ0n) is 18.9. The monoisotopic (exact) mass is 435 g/mol. The van der Waals surface area contributed by atoms with Crippen molar-refractivity contribution < 1.29 is 38.0 Å². The molecule has 30 heavy (non-hydrogen) atoms. The van der Waals surface area contributed by atoms with E-state index >= 15 is 0 Å². The summed E-state index contributed by atoms with van der Waals surface area (Å²) in [5, 5.41) is 2.69. The van der Waals surface area contributed by atoms with Crippen LogP contribution in [0.15, 0.2) is 0 Å². The van der Waals surface area contributed by atoms with Gasteiger partial charge in [-0.3, -0.25) is 9.59 Å². The average Bonchev–Trinajstić information content (AvgIpc) is 2.73. The molecule has 0 bridgehead atoms. The maximum atomic E-state index is 11.6. The van der Waals surface area contributed by atoms with E-state index in [0.29, 0.717) is 66.0 Å². The van der Waals surface area contributed by atoms with Crippen LogP contribution >= 0.6 is 0 Å². The Bertz CT molecular complexity index is 406. The minimum atomic E-state index is -0.205. The zero-order chi connectivity index (χ0) is 22.3. The van der Waals surface area contributed by atoms with Gasteiger partial charge in [0.25, 0.3) is 0 Å². The van der Waals surface area contributed by atoms with Gasteiger partial charge in [-0.25, -0.2) is 0 Å². The fraction of sp³-hybridized carbons (Fsp3) is 0.905. The fourth-order valence-corrected chi connectivity index (χ4v) is 1.94. The first-order chi connectivity index (χ1) is 14.6. The lowest BCUT2D eigenvalue weighted by atomic mass is 10.1. The molecular formula is C21H41NO8. The molecule has 178 valence electrons. The predicted octanol–water partition coefficient (Wildman–Crippen LogP) is 1.23.